The van der Waals surface area contributed by atoms with Crippen molar-refractivity contribution in [3.63, 3.8) is 0 Å². The maximum atomic E-state index is 12.0. The van der Waals surface area contributed by atoms with Gasteiger partial charge in [0.15, 0.2) is 0 Å². The molecule has 0 aliphatic carbocycles. The van der Waals surface area contributed by atoms with Crippen LogP contribution >= 0.6 is 0 Å². The fraction of sp³-hybridized carbons (Fsp3) is 0.480. The van der Waals surface area contributed by atoms with Crippen LogP contribution in [0.25, 0.3) is 0 Å². The number of amides is 1. The number of benzene rings is 2. The van der Waals surface area contributed by atoms with Crippen LogP contribution < -0.4 is 5.46 Å². The fourth-order valence-electron chi connectivity index (χ4n) is 4.51. The molecule has 4 rings (SSSR count). The monoisotopic (exact) mass is 436 g/mol. The van der Waals surface area contributed by atoms with E-state index in [-0.39, 0.29) is 6.04 Å². The SMILES string of the molecule is CC1(C)OB(c2ccccc2C[C@@H]2CN(Cc3ccccc3)CCN2C(=O)O)OC1(C)C. The van der Waals surface area contributed by atoms with E-state index in [0.717, 1.165) is 24.1 Å². The number of piperazine rings is 1. The Bertz CT molecular complexity index is 934. The first-order valence-corrected chi connectivity index (χ1v) is 11.4. The summed E-state index contributed by atoms with van der Waals surface area (Å²) >= 11 is 0. The number of carboxylic acid groups (broad SMARTS) is 1. The molecule has 0 bridgehead atoms. The fourth-order valence-corrected chi connectivity index (χ4v) is 4.51. The molecule has 1 amide bonds. The van der Waals surface area contributed by atoms with Gasteiger partial charge in [-0.05, 0) is 50.7 Å². The second kappa shape index (κ2) is 8.89. The summed E-state index contributed by atoms with van der Waals surface area (Å²) in [4.78, 5) is 15.9. The van der Waals surface area contributed by atoms with Gasteiger partial charge in [0.05, 0.1) is 17.2 Å². The minimum atomic E-state index is -0.859. The largest absolute Gasteiger partial charge is 0.495 e. The Labute approximate surface area is 191 Å². The predicted molar refractivity (Wildman–Crippen MR) is 126 cm³/mol. The molecule has 7 heteroatoms. The molecule has 0 radical (unpaired) electrons. The molecule has 2 heterocycles. The summed E-state index contributed by atoms with van der Waals surface area (Å²) in [6, 6.07) is 18.3. The highest BCUT2D eigenvalue weighted by molar-refractivity contribution is 6.62. The third-order valence-corrected chi connectivity index (χ3v) is 7.08. The lowest BCUT2D eigenvalue weighted by Crippen LogP contribution is -2.55. The lowest BCUT2D eigenvalue weighted by Gasteiger charge is -2.40. The van der Waals surface area contributed by atoms with E-state index in [1.54, 1.807) is 4.90 Å². The number of rotatable bonds is 5. The molecule has 2 aliphatic rings. The van der Waals surface area contributed by atoms with Crippen LogP contribution in [0.5, 0.6) is 0 Å². The number of hydrogen-bond donors (Lipinski definition) is 1. The third kappa shape index (κ3) is 4.70. The van der Waals surface area contributed by atoms with Crippen molar-refractivity contribution in [3.05, 3.63) is 65.7 Å². The highest BCUT2D eigenvalue weighted by Gasteiger charge is 2.52. The molecular formula is C25H33BN2O4. The summed E-state index contributed by atoms with van der Waals surface area (Å²) in [5, 5.41) is 9.84. The van der Waals surface area contributed by atoms with E-state index in [4.69, 9.17) is 9.31 Å². The van der Waals surface area contributed by atoms with Crippen LogP contribution in [0.15, 0.2) is 54.6 Å². The standard InChI is InChI=1S/C25H33BN2O4/c1-24(2)25(3,4)32-26(31-24)22-13-9-8-12-20(22)16-21-18-27(14-15-28(21)23(29)30)17-19-10-6-5-7-11-19/h5-13,21H,14-18H2,1-4H3,(H,29,30)/t21-/m1/s1. The van der Waals surface area contributed by atoms with Crippen molar-refractivity contribution < 1.29 is 19.2 Å². The van der Waals surface area contributed by atoms with E-state index in [2.05, 4.69) is 23.1 Å². The molecule has 170 valence electrons. The van der Waals surface area contributed by atoms with Crippen LogP contribution in [0, 0.1) is 0 Å². The molecule has 2 aromatic carbocycles. The lowest BCUT2D eigenvalue weighted by atomic mass is 9.74. The Balaban J connectivity index is 1.54. The van der Waals surface area contributed by atoms with E-state index in [1.165, 1.54) is 5.56 Å². The Morgan fingerprint density at radius 2 is 1.62 bits per heavy atom. The summed E-state index contributed by atoms with van der Waals surface area (Å²) in [5.74, 6) is 0. The number of hydrogen-bond acceptors (Lipinski definition) is 4. The van der Waals surface area contributed by atoms with Crippen molar-refractivity contribution in [2.45, 2.75) is 57.9 Å². The lowest BCUT2D eigenvalue weighted by molar-refractivity contribution is 0.00578. The van der Waals surface area contributed by atoms with Gasteiger partial charge in [0.25, 0.3) is 0 Å². The normalized spacial score (nSPS) is 22.8. The first-order valence-electron chi connectivity index (χ1n) is 11.4. The number of nitrogens with zero attached hydrogens (tertiary/aromatic N) is 2. The summed E-state index contributed by atoms with van der Waals surface area (Å²) < 4.78 is 12.6. The van der Waals surface area contributed by atoms with E-state index in [0.29, 0.717) is 19.5 Å². The average molecular weight is 436 g/mol. The molecule has 1 atom stereocenters. The van der Waals surface area contributed by atoms with Gasteiger partial charge in [-0.1, -0.05) is 54.6 Å². The van der Waals surface area contributed by atoms with Crippen molar-refractivity contribution in [3.8, 4) is 0 Å². The molecule has 2 saturated heterocycles. The first-order chi connectivity index (χ1) is 15.2. The minimum Gasteiger partial charge on any atom is -0.465 e. The maximum absolute atomic E-state index is 12.0. The van der Waals surface area contributed by atoms with Crippen molar-refractivity contribution in [1.29, 1.82) is 0 Å². The summed E-state index contributed by atoms with van der Waals surface area (Å²) in [7, 11) is -0.460. The zero-order valence-corrected chi connectivity index (χ0v) is 19.5. The zero-order valence-electron chi connectivity index (χ0n) is 19.5. The van der Waals surface area contributed by atoms with Crippen LogP contribution in [-0.2, 0) is 22.3 Å². The maximum Gasteiger partial charge on any atom is 0.495 e. The van der Waals surface area contributed by atoms with Crippen molar-refractivity contribution in [1.82, 2.24) is 9.80 Å². The molecule has 0 aromatic heterocycles. The van der Waals surface area contributed by atoms with Crippen LogP contribution in [0.3, 0.4) is 0 Å². The Morgan fingerprint density at radius 3 is 2.28 bits per heavy atom. The van der Waals surface area contributed by atoms with Crippen LogP contribution in [0.4, 0.5) is 4.79 Å². The Kier molecular flexibility index (Phi) is 6.34. The topological polar surface area (TPSA) is 62.2 Å². The smallest absolute Gasteiger partial charge is 0.465 e. The molecule has 0 unspecified atom stereocenters. The van der Waals surface area contributed by atoms with Gasteiger partial charge in [-0.2, -0.15) is 0 Å². The molecule has 32 heavy (non-hydrogen) atoms. The average Bonchev–Trinajstić information content (AvgIpc) is 2.96. The first kappa shape index (κ1) is 22.8. The van der Waals surface area contributed by atoms with Gasteiger partial charge in [-0.25, -0.2) is 4.79 Å². The second-order valence-corrected chi connectivity index (χ2v) is 9.84. The van der Waals surface area contributed by atoms with Gasteiger partial charge in [0, 0.05) is 26.2 Å². The van der Waals surface area contributed by atoms with E-state index in [9.17, 15) is 9.90 Å². The Hall–Kier alpha value is -2.35. The van der Waals surface area contributed by atoms with Gasteiger partial charge in [0.2, 0.25) is 0 Å². The van der Waals surface area contributed by atoms with Crippen molar-refractivity contribution in [2.24, 2.45) is 0 Å². The highest BCUT2D eigenvalue weighted by atomic mass is 16.7. The molecule has 2 fully saturated rings. The second-order valence-electron chi connectivity index (χ2n) is 9.84. The summed E-state index contributed by atoms with van der Waals surface area (Å²) in [5.41, 5.74) is 2.46. The predicted octanol–water partition coefficient (Wildman–Crippen LogP) is 3.39. The van der Waals surface area contributed by atoms with Crippen molar-refractivity contribution in [2.75, 3.05) is 19.6 Å². The molecule has 2 aliphatic heterocycles. The van der Waals surface area contributed by atoms with E-state index >= 15 is 0 Å². The number of carbonyl (C=O) groups is 1. The molecular weight excluding hydrogens is 403 g/mol. The van der Waals surface area contributed by atoms with Gasteiger partial charge >= 0.3 is 13.2 Å². The minimum absolute atomic E-state index is 0.131. The summed E-state index contributed by atoms with van der Waals surface area (Å²) in [6.07, 6.45) is -0.236. The van der Waals surface area contributed by atoms with E-state index < -0.39 is 24.4 Å². The molecule has 0 spiro atoms. The molecule has 2 aromatic rings. The van der Waals surface area contributed by atoms with Gasteiger partial charge in [-0.3, -0.25) is 4.90 Å². The summed E-state index contributed by atoms with van der Waals surface area (Å²) in [6.45, 7) is 10.9. The molecule has 1 N–H and O–H groups in total. The van der Waals surface area contributed by atoms with Crippen molar-refractivity contribution >= 4 is 18.7 Å². The third-order valence-electron chi connectivity index (χ3n) is 7.08. The van der Waals surface area contributed by atoms with Crippen LogP contribution in [-0.4, -0.2) is 65.0 Å². The van der Waals surface area contributed by atoms with Crippen LogP contribution in [0.2, 0.25) is 0 Å². The quantitative estimate of drug-likeness (QED) is 0.729. The molecule has 6 nitrogen and oxygen atoms in total. The van der Waals surface area contributed by atoms with Gasteiger partial charge < -0.3 is 19.3 Å². The molecule has 0 saturated carbocycles. The van der Waals surface area contributed by atoms with Gasteiger partial charge in [-0.15, -0.1) is 0 Å². The van der Waals surface area contributed by atoms with Gasteiger partial charge in [0.1, 0.15) is 0 Å². The Morgan fingerprint density at radius 1 is 1.00 bits per heavy atom. The highest BCUT2D eigenvalue weighted by Crippen LogP contribution is 2.36. The van der Waals surface area contributed by atoms with Crippen LogP contribution in [0.1, 0.15) is 38.8 Å². The van der Waals surface area contributed by atoms with E-state index in [1.807, 2.05) is 64.1 Å². The zero-order chi connectivity index (χ0) is 22.9.